The van der Waals surface area contributed by atoms with Gasteiger partial charge in [0.2, 0.25) is 0 Å². The van der Waals surface area contributed by atoms with E-state index in [1.807, 2.05) is 31.3 Å². The summed E-state index contributed by atoms with van der Waals surface area (Å²) < 4.78 is 0. The lowest BCUT2D eigenvalue weighted by Crippen LogP contribution is -3.08. The normalized spacial score (nSPS) is 12.0. The molecule has 0 saturated carbocycles. The number of hydrogen-bond donors (Lipinski definition) is 2. The molecule has 0 bridgehead atoms. The first-order valence-corrected chi connectivity index (χ1v) is 9.13. The minimum Gasteiger partial charge on any atom is -0.347 e. The second kappa shape index (κ2) is 8.96. The smallest absolute Gasteiger partial charge is 0.275 e. The van der Waals surface area contributed by atoms with Crippen molar-refractivity contribution in [2.24, 2.45) is 0 Å². The van der Waals surface area contributed by atoms with Crippen LogP contribution in [0.4, 0.5) is 0 Å². The summed E-state index contributed by atoms with van der Waals surface area (Å²) in [5, 5.41) is 3.61. The van der Waals surface area contributed by atoms with E-state index in [0.717, 1.165) is 17.0 Å². The molecule has 0 spiro atoms. The van der Waals surface area contributed by atoms with Crippen molar-refractivity contribution >= 4 is 29.3 Å². The van der Waals surface area contributed by atoms with Gasteiger partial charge < -0.3 is 10.2 Å². The molecule has 1 atom stereocenters. The van der Waals surface area contributed by atoms with Crippen LogP contribution in [0.2, 0.25) is 5.02 Å². The Morgan fingerprint density at radius 2 is 1.87 bits per heavy atom. The van der Waals surface area contributed by atoms with Crippen molar-refractivity contribution in [3.63, 3.8) is 0 Å². The Kier molecular flexibility index (Phi) is 6.96. The number of halogens is 1. The van der Waals surface area contributed by atoms with E-state index in [-0.39, 0.29) is 5.91 Å². The predicted molar refractivity (Wildman–Crippen MR) is 97.0 cm³/mol. The van der Waals surface area contributed by atoms with Crippen molar-refractivity contribution < 1.29 is 9.69 Å². The van der Waals surface area contributed by atoms with Gasteiger partial charge in [0.15, 0.2) is 6.54 Å². The topological polar surface area (TPSA) is 33.5 Å². The van der Waals surface area contributed by atoms with Gasteiger partial charge >= 0.3 is 0 Å². The van der Waals surface area contributed by atoms with Gasteiger partial charge in [-0.3, -0.25) is 4.79 Å². The first-order valence-electron chi connectivity index (χ1n) is 7.53. The molecule has 3 nitrogen and oxygen atoms in total. The third-order valence-electron chi connectivity index (χ3n) is 3.56. The van der Waals surface area contributed by atoms with Crippen molar-refractivity contribution in [2.45, 2.75) is 18.0 Å². The summed E-state index contributed by atoms with van der Waals surface area (Å²) in [6.45, 7) is 1.73. The van der Waals surface area contributed by atoms with Crippen LogP contribution < -0.4 is 10.2 Å². The van der Waals surface area contributed by atoms with E-state index in [4.69, 9.17) is 11.6 Å². The Bertz CT molecular complexity index is 646. The molecule has 0 fully saturated rings. The number of benzene rings is 2. The Morgan fingerprint density at radius 1 is 1.17 bits per heavy atom. The maximum absolute atomic E-state index is 12.1. The summed E-state index contributed by atoms with van der Waals surface area (Å²) in [7, 11) is 2.03. The summed E-state index contributed by atoms with van der Waals surface area (Å²) >= 11 is 7.82. The van der Waals surface area contributed by atoms with Crippen LogP contribution in [0.25, 0.3) is 0 Å². The van der Waals surface area contributed by atoms with Gasteiger partial charge in [-0.25, -0.2) is 0 Å². The SMILES string of the molecule is CSc1ccc(C[NH+](C)CC(=O)NCc2ccccc2Cl)cc1. The lowest BCUT2D eigenvalue weighted by molar-refractivity contribution is -0.885. The Hall–Kier alpha value is -1.49. The number of hydrogen-bond acceptors (Lipinski definition) is 2. The summed E-state index contributed by atoms with van der Waals surface area (Å²) in [5.41, 5.74) is 2.17. The summed E-state index contributed by atoms with van der Waals surface area (Å²) in [6.07, 6.45) is 2.07. The second-order valence-corrected chi connectivity index (χ2v) is 6.81. The molecule has 0 heterocycles. The first kappa shape index (κ1) is 17.9. The number of amides is 1. The molecule has 2 N–H and O–H groups in total. The van der Waals surface area contributed by atoms with E-state index < -0.39 is 0 Å². The summed E-state index contributed by atoms with van der Waals surface area (Å²) in [5.74, 6) is 0.0307. The van der Waals surface area contributed by atoms with Gasteiger partial charge in [0, 0.05) is 22.0 Å². The Morgan fingerprint density at radius 3 is 2.52 bits per heavy atom. The molecule has 2 aromatic carbocycles. The third-order valence-corrected chi connectivity index (χ3v) is 4.67. The van der Waals surface area contributed by atoms with Crippen molar-refractivity contribution in [1.29, 1.82) is 0 Å². The van der Waals surface area contributed by atoms with Gasteiger partial charge in [-0.15, -0.1) is 11.8 Å². The third kappa shape index (κ3) is 5.90. The monoisotopic (exact) mass is 349 g/mol. The van der Waals surface area contributed by atoms with Gasteiger partial charge in [-0.05, 0) is 30.0 Å². The Balaban J connectivity index is 1.79. The number of quaternary nitrogens is 1. The fourth-order valence-corrected chi connectivity index (χ4v) is 2.94. The van der Waals surface area contributed by atoms with Gasteiger partial charge in [0.25, 0.3) is 5.91 Å². The molecule has 5 heteroatoms. The predicted octanol–water partition coefficient (Wildman–Crippen LogP) is 2.39. The molecular weight excluding hydrogens is 328 g/mol. The number of thioether (sulfide) groups is 1. The highest BCUT2D eigenvalue weighted by Crippen LogP contribution is 2.15. The van der Waals surface area contributed by atoms with Crippen molar-refractivity contribution in [1.82, 2.24) is 5.32 Å². The van der Waals surface area contributed by atoms with Crippen LogP contribution in [0.3, 0.4) is 0 Å². The van der Waals surface area contributed by atoms with Crippen LogP contribution in [-0.4, -0.2) is 25.8 Å². The van der Waals surface area contributed by atoms with Crippen molar-refractivity contribution in [3.05, 3.63) is 64.7 Å². The average molecular weight is 350 g/mol. The van der Waals surface area contributed by atoms with Gasteiger partial charge in [-0.1, -0.05) is 41.9 Å². The number of carbonyl (C=O) groups is 1. The fraction of sp³-hybridized carbons (Fsp3) is 0.278. The molecule has 0 radical (unpaired) electrons. The van der Waals surface area contributed by atoms with Crippen LogP contribution in [0.1, 0.15) is 11.1 Å². The van der Waals surface area contributed by atoms with Gasteiger partial charge in [0.1, 0.15) is 6.54 Å². The van der Waals surface area contributed by atoms with E-state index >= 15 is 0 Å². The highest BCUT2D eigenvalue weighted by atomic mass is 35.5. The molecule has 122 valence electrons. The molecule has 1 amide bonds. The minimum absolute atomic E-state index is 0.0307. The molecule has 0 aromatic heterocycles. The lowest BCUT2D eigenvalue weighted by Gasteiger charge is -2.14. The molecule has 0 aliphatic rings. The van der Waals surface area contributed by atoms with Crippen LogP contribution in [0, 0.1) is 0 Å². The highest BCUT2D eigenvalue weighted by molar-refractivity contribution is 7.98. The van der Waals surface area contributed by atoms with E-state index in [2.05, 4.69) is 35.8 Å². The zero-order valence-corrected chi connectivity index (χ0v) is 15.0. The fourth-order valence-electron chi connectivity index (χ4n) is 2.33. The number of nitrogens with one attached hydrogen (secondary N) is 2. The van der Waals surface area contributed by atoms with Gasteiger partial charge in [0.05, 0.1) is 7.05 Å². The van der Waals surface area contributed by atoms with Crippen molar-refractivity contribution in [3.8, 4) is 0 Å². The first-order chi connectivity index (χ1) is 11.1. The van der Waals surface area contributed by atoms with E-state index in [1.54, 1.807) is 11.8 Å². The largest absolute Gasteiger partial charge is 0.347 e. The van der Waals surface area contributed by atoms with Crippen molar-refractivity contribution in [2.75, 3.05) is 19.8 Å². The van der Waals surface area contributed by atoms with Crippen LogP contribution in [0.15, 0.2) is 53.4 Å². The summed E-state index contributed by atoms with van der Waals surface area (Å²) in [4.78, 5) is 14.5. The quantitative estimate of drug-likeness (QED) is 0.752. The Labute approximate surface area is 147 Å². The van der Waals surface area contributed by atoms with Crippen LogP contribution >= 0.6 is 23.4 Å². The number of carbonyl (C=O) groups excluding carboxylic acids is 1. The lowest BCUT2D eigenvalue weighted by atomic mass is 10.2. The zero-order valence-electron chi connectivity index (χ0n) is 13.4. The number of likely N-dealkylation sites (N-methyl/N-ethyl adjacent to an activating group) is 1. The highest BCUT2D eigenvalue weighted by Gasteiger charge is 2.11. The van der Waals surface area contributed by atoms with E-state index in [9.17, 15) is 4.79 Å². The van der Waals surface area contributed by atoms with E-state index in [0.29, 0.717) is 18.1 Å². The summed E-state index contributed by atoms with van der Waals surface area (Å²) in [6, 6.07) is 16.0. The maximum atomic E-state index is 12.1. The average Bonchev–Trinajstić information content (AvgIpc) is 2.54. The number of rotatable bonds is 7. The standard InChI is InChI=1S/C18H21ClN2OS/c1-21(12-14-7-9-16(23-2)10-8-14)13-18(22)20-11-15-5-3-4-6-17(15)19/h3-10H,11-13H2,1-2H3,(H,20,22)/p+1. The van der Waals surface area contributed by atoms with Crippen LogP contribution in [0.5, 0.6) is 0 Å². The maximum Gasteiger partial charge on any atom is 0.275 e. The minimum atomic E-state index is 0.0307. The van der Waals surface area contributed by atoms with E-state index in [1.165, 1.54) is 10.5 Å². The molecule has 0 aliphatic carbocycles. The molecule has 2 rings (SSSR count). The zero-order chi connectivity index (χ0) is 16.7. The second-order valence-electron chi connectivity index (χ2n) is 5.53. The molecule has 23 heavy (non-hydrogen) atoms. The molecule has 1 unspecified atom stereocenters. The molecule has 2 aromatic rings. The molecule has 0 aliphatic heterocycles. The van der Waals surface area contributed by atoms with Gasteiger partial charge in [-0.2, -0.15) is 0 Å². The van der Waals surface area contributed by atoms with Crippen LogP contribution in [-0.2, 0) is 17.9 Å². The molecular formula is C18H22ClN2OS+. The molecule has 0 saturated heterocycles.